The van der Waals surface area contributed by atoms with Gasteiger partial charge in [0.2, 0.25) is 5.95 Å². The van der Waals surface area contributed by atoms with E-state index in [-0.39, 0.29) is 0 Å². The highest BCUT2D eigenvalue weighted by Gasteiger charge is 2.22. The number of anilines is 3. The molecule has 2 heterocycles. The maximum atomic E-state index is 13.4. The molecule has 1 aliphatic rings. The molecule has 2 N–H and O–H groups in total. The van der Waals surface area contributed by atoms with Crippen LogP contribution >= 0.6 is 0 Å². The van der Waals surface area contributed by atoms with E-state index in [4.69, 9.17) is 0 Å². The van der Waals surface area contributed by atoms with E-state index in [2.05, 4.69) is 25.6 Å². The predicted octanol–water partition coefficient (Wildman–Crippen LogP) is 4.13. The van der Waals surface area contributed by atoms with Crippen molar-refractivity contribution >= 4 is 17.5 Å². The molecule has 0 unspecified atom stereocenters. The van der Waals surface area contributed by atoms with Crippen LogP contribution < -0.4 is 10.6 Å². The van der Waals surface area contributed by atoms with E-state index < -0.39 is 11.6 Å². The fourth-order valence-corrected chi connectivity index (χ4v) is 2.35. The highest BCUT2D eigenvalue weighted by molar-refractivity contribution is 5.65. The second kappa shape index (κ2) is 6.43. The van der Waals surface area contributed by atoms with Crippen molar-refractivity contribution in [3.8, 4) is 11.4 Å². The van der Waals surface area contributed by atoms with E-state index in [1.807, 2.05) is 18.2 Å². The Morgan fingerprint density at radius 1 is 0.920 bits per heavy atom. The molecule has 0 spiro atoms. The second-order valence-electron chi connectivity index (χ2n) is 5.85. The molecule has 4 rings (SSSR count). The zero-order chi connectivity index (χ0) is 17.2. The van der Waals surface area contributed by atoms with Crippen LogP contribution in [-0.2, 0) is 0 Å². The largest absolute Gasteiger partial charge is 0.351 e. The first kappa shape index (κ1) is 15.4. The van der Waals surface area contributed by atoms with Crippen molar-refractivity contribution in [1.82, 2.24) is 15.0 Å². The number of benzene rings is 1. The standard InChI is InChI=1S/C18H15F2N5/c19-13-7-6-12(9-14(13)20)22-17-10-16(15-3-1-2-8-21-15)24-18(25-17)23-11-4-5-11/h1-3,6-11H,4-5H2,(H2,22,23,24,25). The fraction of sp³-hybridized carbons (Fsp3) is 0.167. The van der Waals surface area contributed by atoms with Crippen LogP contribution in [0.4, 0.5) is 26.2 Å². The highest BCUT2D eigenvalue weighted by Crippen LogP contribution is 2.27. The average Bonchev–Trinajstić information content (AvgIpc) is 3.43. The molecule has 0 saturated heterocycles. The van der Waals surface area contributed by atoms with Gasteiger partial charge in [0.1, 0.15) is 5.82 Å². The summed E-state index contributed by atoms with van der Waals surface area (Å²) in [7, 11) is 0. The lowest BCUT2D eigenvalue weighted by Gasteiger charge is -2.11. The van der Waals surface area contributed by atoms with Gasteiger partial charge in [0.05, 0.1) is 11.4 Å². The fourth-order valence-electron chi connectivity index (χ4n) is 2.35. The minimum atomic E-state index is -0.916. The number of nitrogens with zero attached hydrogens (tertiary/aromatic N) is 3. The van der Waals surface area contributed by atoms with E-state index in [0.717, 1.165) is 25.0 Å². The van der Waals surface area contributed by atoms with Crippen molar-refractivity contribution < 1.29 is 8.78 Å². The molecular formula is C18H15F2N5. The van der Waals surface area contributed by atoms with Crippen molar-refractivity contribution in [3.05, 3.63) is 60.3 Å². The van der Waals surface area contributed by atoms with Gasteiger partial charge in [-0.15, -0.1) is 0 Å². The lowest BCUT2D eigenvalue weighted by Crippen LogP contribution is -2.08. The minimum Gasteiger partial charge on any atom is -0.351 e. The van der Waals surface area contributed by atoms with Crippen molar-refractivity contribution in [2.45, 2.75) is 18.9 Å². The van der Waals surface area contributed by atoms with Crippen LogP contribution in [0.3, 0.4) is 0 Å². The van der Waals surface area contributed by atoms with Crippen LogP contribution in [0.2, 0.25) is 0 Å². The molecular weight excluding hydrogens is 324 g/mol. The number of rotatable bonds is 5. The molecule has 0 aliphatic heterocycles. The van der Waals surface area contributed by atoms with Gasteiger partial charge in [0.15, 0.2) is 11.6 Å². The maximum Gasteiger partial charge on any atom is 0.225 e. The predicted molar refractivity (Wildman–Crippen MR) is 91.5 cm³/mol. The van der Waals surface area contributed by atoms with Gasteiger partial charge >= 0.3 is 0 Å². The summed E-state index contributed by atoms with van der Waals surface area (Å²) in [4.78, 5) is 13.2. The topological polar surface area (TPSA) is 62.7 Å². The minimum absolute atomic E-state index is 0.384. The summed E-state index contributed by atoms with van der Waals surface area (Å²) in [5.74, 6) is -0.848. The highest BCUT2D eigenvalue weighted by atomic mass is 19.2. The van der Waals surface area contributed by atoms with Gasteiger partial charge in [-0.25, -0.2) is 13.8 Å². The van der Waals surface area contributed by atoms with E-state index >= 15 is 0 Å². The van der Waals surface area contributed by atoms with Crippen LogP contribution in [0.5, 0.6) is 0 Å². The van der Waals surface area contributed by atoms with Gasteiger partial charge in [0, 0.05) is 30.1 Å². The molecule has 0 amide bonds. The summed E-state index contributed by atoms with van der Waals surface area (Å²) in [6.07, 6.45) is 3.86. The van der Waals surface area contributed by atoms with Gasteiger partial charge in [-0.2, -0.15) is 4.98 Å². The number of aromatic nitrogens is 3. The van der Waals surface area contributed by atoms with Crippen molar-refractivity contribution in [2.24, 2.45) is 0 Å². The molecule has 126 valence electrons. The van der Waals surface area contributed by atoms with Crippen LogP contribution in [0.25, 0.3) is 11.4 Å². The van der Waals surface area contributed by atoms with Gasteiger partial charge in [-0.3, -0.25) is 4.98 Å². The SMILES string of the molecule is Fc1ccc(Nc2cc(-c3ccccn3)nc(NC3CC3)n2)cc1F. The zero-order valence-electron chi connectivity index (χ0n) is 13.2. The number of nitrogens with one attached hydrogen (secondary N) is 2. The number of pyridine rings is 1. The average molecular weight is 339 g/mol. The summed E-state index contributed by atoms with van der Waals surface area (Å²) < 4.78 is 26.5. The first-order chi connectivity index (χ1) is 12.2. The second-order valence-corrected chi connectivity index (χ2v) is 5.85. The third-order valence-corrected chi connectivity index (χ3v) is 3.76. The van der Waals surface area contributed by atoms with Crippen LogP contribution in [0.15, 0.2) is 48.7 Å². The molecule has 1 aliphatic carbocycles. The summed E-state index contributed by atoms with van der Waals surface area (Å²) >= 11 is 0. The van der Waals surface area contributed by atoms with Crippen LogP contribution in [0.1, 0.15) is 12.8 Å². The Kier molecular flexibility index (Phi) is 3.97. The van der Waals surface area contributed by atoms with Crippen molar-refractivity contribution in [3.63, 3.8) is 0 Å². The van der Waals surface area contributed by atoms with Crippen molar-refractivity contribution in [1.29, 1.82) is 0 Å². The molecule has 0 atom stereocenters. The summed E-state index contributed by atoms with van der Waals surface area (Å²) in [6, 6.07) is 11.3. The Hall–Kier alpha value is -3.09. The van der Waals surface area contributed by atoms with E-state index in [0.29, 0.717) is 34.9 Å². The molecule has 3 aromatic rings. The zero-order valence-corrected chi connectivity index (χ0v) is 13.2. The quantitative estimate of drug-likeness (QED) is 0.732. The van der Waals surface area contributed by atoms with E-state index in [1.165, 1.54) is 6.07 Å². The Morgan fingerprint density at radius 2 is 1.80 bits per heavy atom. The first-order valence-corrected chi connectivity index (χ1v) is 7.96. The Labute approximate surface area is 143 Å². The molecule has 1 aromatic carbocycles. The van der Waals surface area contributed by atoms with Gasteiger partial charge in [0.25, 0.3) is 0 Å². The smallest absolute Gasteiger partial charge is 0.225 e. The molecule has 1 saturated carbocycles. The summed E-state index contributed by atoms with van der Waals surface area (Å²) in [6.45, 7) is 0. The Bertz CT molecular complexity index is 897. The first-order valence-electron chi connectivity index (χ1n) is 7.96. The Morgan fingerprint density at radius 3 is 2.52 bits per heavy atom. The molecule has 0 radical (unpaired) electrons. The van der Waals surface area contributed by atoms with Gasteiger partial charge < -0.3 is 10.6 Å². The lowest BCUT2D eigenvalue weighted by molar-refractivity contribution is 0.509. The third-order valence-electron chi connectivity index (χ3n) is 3.76. The molecule has 1 fully saturated rings. The van der Waals surface area contributed by atoms with Gasteiger partial charge in [-0.1, -0.05) is 6.07 Å². The van der Waals surface area contributed by atoms with E-state index in [1.54, 1.807) is 12.3 Å². The molecule has 7 heteroatoms. The lowest BCUT2D eigenvalue weighted by atomic mass is 10.2. The van der Waals surface area contributed by atoms with Crippen molar-refractivity contribution in [2.75, 3.05) is 10.6 Å². The Balaban J connectivity index is 1.68. The molecule has 0 bridgehead atoms. The molecule has 2 aromatic heterocycles. The monoisotopic (exact) mass is 339 g/mol. The van der Waals surface area contributed by atoms with E-state index in [9.17, 15) is 8.78 Å². The number of hydrogen-bond acceptors (Lipinski definition) is 5. The number of hydrogen-bond donors (Lipinski definition) is 2. The molecule has 25 heavy (non-hydrogen) atoms. The summed E-state index contributed by atoms with van der Waals surface area (Å²) in [5, 5.41) is 6.24. The third kappa shape index (κ3) is 3.71. The number of halogens is 2. The maximum absolute atomic E-state index is 13.4. The van der Waals surface area contributed by atoms with Crippen LogP contribution in [-0.4, -0.2) is 21.0 Å². The van der Waals surface area contributed by atoms with Crippen LogP contribution in [0, 0.1) is 11.6 Å². The van der Waals surface area contributed by atoms with Gasteiger partial charge in [-0.05, 0) is 37.1 Å². The normalized spacial score (nSPS) is 13.5. The summed E-state index contributed by atoms with van der Waals surface area (Å²) in [5.41, 5.74) is 1.75. The molecule has 5 nitrogen and oxygen atoms in total.